The number of amides is 2. The van der Waals surface area contributed by atoms with E-state index >= 15 is 0 Å². The molecule has 3 saturated heterocycles. The quantitative estimate of drug-likeness (QED) is 0.326. The topological polar surface area (TPSA) is 110 Å². The van der Waals surface area contributed by atoms with Crippen LogP contribution in [0, 0.1) is 56.7 Å². The number of likely N-dealkylation sites (tertiary alicyclic amines) is 1. The molecule has 288 valence electrons. The van der Waals surface area contributed by atoms with E-state index in [1.807, 2.05) is 0 Å². The lowest BCUT2D eigenvalue weighted by molar-refractivity contribution is -0.185. The van der Waals surface area contributed by atoms with E-state index in [1.54, 1.807) is 4.90 Å². The first-order valence-electron chi connectivity index (χ1n) is 20.7. The molecule has 10 nitrogen and oxygen atoms in total. The van der Waals surface area contributed by atoms with Gasteiger partial charge < -0.3 is 34.3 Å². The van der Waals surface area contributed by atoms with Crippen LogP contribution in [0.2, 0.25) is 0 Å². The van der Waals surface area contributed by atoms with E-state index in [-0.39, 0.29) is 75.5 Å². The molecule has 8 aliphatic rings. The molecule has 3 aliphatic heterocycles. The van der Waals surface area contributed by atoms with E-state index in [0.717, 1.165) is 90.9 Å². The standard InChI is InChI=1S/C41H67N3O7/c1-25(2)32(51-36(47)44-16-8-17-44)27-23-26(3)31-33(49-27)34(45)39(7)29-10-9-28-37(4,5)30(50-35(46)42-15-18-43-19-21-48-22-20-43)11-12-40(28)24-41(29,40)14-13-38(31,39)6/h25-34,45H,8-24H2,1-7H3,(H,42,46)/t26-,27?,28+,29?,30+,31+,32-,33?,34+,38-,39-,40-,41?/m1/s1. The van der Waals surface area contributed by atoms with Crippen molar-refractivity contribution >= 4 is 12.2 Å². The minimum absolute atomic E-state index is 0.0230. The summed E-state index contributed by atoms with van der Waals surface area (Å²) in [5, 5.41) is 15.7. The highest BCUT2D eigenvalue weighted by molar-refractivity contribution is 5.68. The Labute approximate surface area is 306 Å². The lowest BCUT2D eigenvalue weighted by Gasteiger charge is -2.63. The maximum Gasteiger partial charge on any atom is 0.410 e. The second kappa shape index (κ2) is 12.7. The molecule has 51 heavy (non-hydrogen) atoms. The van der Waals surface area contributed by atoms with Crippen molar-refractivity contribution in [2.75, 3.05) is 52.5 Å². The van der Waals surface area contributed by atoms with Crippen LogP contribution in [-0.4, -0.2) is 110 Å². The molecule has 10 heteroatoms. The lowest BCUT2D eigenvalue weighted by Crippen LogP contribution is -2.60. The van der Waals surface area contributed by atoms with Gasteiger partial charge in [-0.2, -0.15) is 0 Å². The Kier molecular flexibility index (Phi) is 9.07. The molecule has 8 fully saturated rings. The summed E-state index contributed by atoms with van der Waals surface area (Å²) in [5.74, 6) is 1.72. The zero-order chi connectivity index (χ0) is 36.1. The summed E-state index contributed by atoms with van der Waals surface area (Å²) in [6.07, 6.45) is 7.78. The fourth-order valence-electron chi connectivity index (χ4n) is 14.4. The molecule has 2 amide bonds. The maximum atomic E-state index is 13.1. The van der Waals surface area contributed by atoms with Gasteiger partial charge in [-0.15, -0.1) is 0 Å². The minimum Gasteiger partial charge on any atom is -0.446 e. The molecule has 0 aromatic heterocycles. The SMILES string of the molecule is CC(C)[C@@H](OC(=O)N1CCC1)C1C[C@@H](C)[C@H]2C(O1)[C@H](O)[C@@]1(C)C3CC[C@H]4C(C)(C)[C@@H](OC(=O)NCCN5CCOCC5)CC[C@@]45CC35CC[C@]21C. The smallest absolute Gasteiger partial charge is 0.410 e. The molecule has 3 heterocycles. The third-order valence-electron chi connectivity index (χ3n) is 17.2. The third kappa shape index (κ3) is 5.28. The zero-order valence-corrected chi connectivity index (χ0v) is 32.6. The second-order valence-electron chi connectivity index (χ2n) is 19.8. The summed E-state index contributed by atoms with van der Waals surface area (Å²) in [5.41, 5.74) is 0.106. The van der Waals surface area contributed by atoms with Crippen LogP contribution in [0.15, 0.2) is 0 Å². The Hall–Kier alpha value is -1.62. The van der Waals surface area contributed by atoms with Crippen LogP contribution in [0.1, 0.15) is 106 Å². The molecule has 5 aliphatic carbocycles. The number of ether oxygens (including phenoxy) is 4. The Morgan fingerprint density at radius 3 is 2.35 bits per heavy atom. The number of rotatable bonds is 7. The van der Waals surface area contributed by atoms with E-state index in [9.17, 15) is 14.7 Å². The van der Waals surface area contributed by atoms with Crippen molar-refractivity contribution in [3.63, 3.8) is 0 Å². The summed E-state index contributed by atoms with van der Waals surface area (Å²) in [6.45, 7) is 22.6. The summed E-state index contributed by atoms with van der Waals surface area (Å²) < 4.78 is 24.9. The van der Waals surface area contributed by atoms with Gasteiger partial charge in [-0.25, -0.2) is 9.59 Å². The van der Waals surface area contributed by atoms with Crippen LogP contribution in [0.3, 0.4) is 0 Å². The second-order valence-corrected chi connectivity index (χ2v) is 19.8. The van der Waals surface area contributed by atoms with Gasteiger partial charge in [0.25, 0.3) is 0 Å². The average Bonchev–Trinajstić information content (AvgIpc) is 3.69. The number of nitrogens with zero attached hydrogens (tertiary/aromatic N) is 2. The van der Waals surface area contributed by atoms with Gasteiger partial charge in [0.2, 0.25) is 0 Å². The first kappa shape index (κ1) is 36.4. The summed E-state index contributed by atoms with van der Waals surface area (Å²) in [6, 6.07) is 0. The number of morpholine rings is 1. The number of aliphatic hydroxyl groups is 1. The molecule has 0 bridgehead atoms. The molecule has 0 radical (unpaired) electrons. The van der Waals surface area contributed by atoms with Crippen molar-refractivity contribution in [2.24, 2.45) is 56.7 Å². The largest absolute Gasteiger partial charge is 0.446 e. The highest BCUT2D eigenvalue weighted by atomic mass is 16.6. The van der Waals surface area contributed by atoms with E-state index in [2.05, 4.69) is 58.7 Å². The fraction of sp³-hybridized carbons (Fsp3) is 0.951. The van der Waals surface area contributed by atoms with E-state index in [4.69, 9.17) is 18.9 Å². The van der Waals surface area contributed by atoms with Crippen molar-refractivity contribution in [1.29, 1.82) is 0 Å². The first-order chi connectivity index (χ1) is 24.2. The predicted molar refractivity (Wildman–Crippen MR) is 193 cm³/mol. The van der Waals surface area contributed by atoms with Gasteiger partial charge in [-0.1, -0.05) is 48.5 Å². The van der Waals surface area contributed by atoms with Gasteiger partial charge >= 0.3 is 12.2 Å². The van der Waals surface area contributed by atoms with Gasteiger partial charge in [0, 0.05) is 50.1 Å². The third-order valence-corrected chi connectivity index (χ3v) is 17.2. The molecular formula is C41H67N3O7. The van der Waals surface area contributed by atoms with Crippen molar-refractivity contribution in [1.82, 2.24) is 15.1 Å². The number of carbonyl (C=O) groups excluding carboxylic acids is 2. The van der Waals surface area contributed by atoms with Crippen LogP contribution in [0.4, 0.5) is 9.59 Å². The molecule has 0 aromatic carbocycles. The molecule has 13 atom stereocenters. The van der Waals surface area contributed by atoms with Crippen LogP contribution in [-0.2, 0) is 18.9 Å². The molecule has 0 aromatic rings. The molecule has 5 saturated carbocycles. The van der Waals surface area contributed by atoms with Gasteiger partial charge in [-0.3, -0.25) is 4.90 Å². The highest BCUT2D eigenvalue weighted by Gasteiger charge is 2.84. The van der Waals surface area contributed by atoms with E-state index in [1.165, 1.54) is 12.8 Å². The van der Waals surface area contributed by atoms with Crippen molar-refractivity contribution in [3.05, 3.63) is 0 Å². The van der Waals surface area contributed by atoms with Crippen LogP contribution in [0.5, 0.6) is 0 Å². The predicted octanol–water partition coefficient (Wildman–Crippen LogP) is 6.09. The van der Waals surface area contributed by atoms with Crippen molar-refractivity contribution in [3.8, 4) is 0 Å². The number of carbonyl (C=O) groups is 2. The molecule has 8 rings (SSSR count). The Bertz CT molecular complexity index is 1350. The van der Waals surface area contributed by atoms with E-state index in [0.29, 0.717) is 24.3 Å². The molecule has 2 spiro atoms. The van der Waals surface area contributed by atoms with Crippen LogP contribution >= 0.6 is 0 Å². The van der Waals surface area contributed by atoms with Crippen LogP contribution < -0.4 is 5.32 Å². The number of alkyl carbamates (subject to hydrolysis) is 1. The monoisotopic (exact) mass is 713 g/mol. The zero-order valence-electron chi connectivity index (χ0n) is 32.6. The highest BCUT2D eigenvalue weighted by Crippen LogP contribution is 2.89. The number of hydrogen-bond donors (Lipinski definition) is 2. The fourth-order valence-corrected chi connectivity index (χ4v) is 14.4. The molecule has 2 N–H and O–H groups in total. The van der Waals surface area contributed by atoms with Crippen molar-refractivity contribution < 1.29 is 33.6 Å². The van der Waals surface area contributed by atoms with Crippen molar-refractivity contribution in [2.45, 2.75) is 137 Å². The molecular weight excluding hydrogens is 646 g/mol. The summed E-state index contributed by atoms with van der Waals surface area (Å²) in [4.78, 5) is 30.1. The number of aliphatic hydroxyl groups excluding tert-OH is 1. The molecule has 4 unspecified atom stereocenters. The number of hydrogen-bond acceptors (Lipinski definition) is 8. The van der Waals surface area contributed by atoms with Gasteiger partial charge in [0.15, 0.2) is 0 Å². The normalized spacial score (nSPS) is 47.4. The minimum atomic E-state index is -0.554. The number of fused-ring (bicyclic) bond motifs is 4. The van der Waals surface area contributed by atoms with Gasteiger partial charge in [-0.05, 0) is 104 Å². The van der Waals surface area contributed by atoms with E-state index < -0.39 is 6.10 Å². The van der Waals surface area contributed by atoms with Gasteiger partial charge in [0.1, 0.15) is 12.2 Å². The van der Waals surface area contributed by atoms with Crippen LogP contribution in [0.25, 0.3) is 0 Å². The summed E-state index contributed by atoms with van der Waals surface area (Å²) >= 11 is 0. The Morgan fingerprint density at radius 1 is 0.961 bits per heavy atom. The first-order valence-corrected chi connectivity index (χ1v) is 20.7. The Morgan fingerprint density at radius 2 is 1.67 bits per heavy atom. The maximum absolute atomic E-state index is 13.1. The number of nitrogens with one attached hydrogen (secondary N) is 1. The van der Waals surface area contributed by atoms with Gasteiger partial charge in [0.05, 0.1) is 31.5 Å². The summed E-state index contributed by atoms with van der Waals surface area (Å²) in [7, 11) is 0. The average molecular weight is 714 g/mol. The lowest BCUT2D eigenvalue weighted by atomic mass is 9.41. The Balaban J connectivity index is 0.969.